The summed E-state index contributed by atoms with van der Waals surface area (Å²) in [5.41, 5.74) is 0.814. The van der Waals surface area contributed by atoms with Crippen molar-refractivity contribution < 1.29 is 19.7 Å². The van der Waals surface area contributed by atoms with E-state index in [9.17, 15) is 13.2 Å². The molecule has 0 saturated heterocycles. The number of hydrogen-bond acceptors (Lipinski definition) is 4. The van der Waals surface area contributed by atoms with Gasteiger partial charge in [-0.05, 0) is 18.5 Å². The lowest BCUT2D eigenvalue weighted by Crippen LogP contribution is -2.40. The van der Waals surface area contributed by atoms with Crippen molar-refractivity contribution in [2.45, 2.75) is 24.3 Å². The summed E-state index contributed by atoms with van der Waals surface area (Å²) < 4.78 is 35.6. The molecule has 7 heteroatoms. The van der Waals surface area contributed by atoms with Crippen LogP contribution >= 0.6 is 0 Å². The third-order valence-corrected chi connectivity index (χ3v) is 5.02. The molecular weight excluding hydrogens is 316 g/mol. The van der Waals surface area contributed by atoms with E-state index in [1.165, 1.54) is 6.07 Å². The van der Waals surface area contributed by atoms with Gasteiger partial charge in [-0.1, -0.05) is 31.2 Å². The Balaban J connectivity index is 2.69. The fourth-order valence-electron chi connectivity index (χ4n) is 2.37. The number of aliphatic carboxylic acids is 1. The zero-order chi connectivity index (χ0) is 18.1. The molecule has 0 spiro atoms. The lowest BCUT2D eigenvalue weighted by atomic mass is 10.1. The average molecular weight is 337 g/mol. The van der Waals surface area contributed by atoms with E-state index in [0.717, 1.165) is 5.69 Å². The van der Waals surface area contributed by atoms with Gasteiger partial charge in [0.1, 0.15) is 6.04 Å². The first-order valence-electron chi connectivity index (χ1n) is 7.63. The zero-order valence-corrected chi connectivity index (χ0v) is 14.0. The SMILES string of the molecule is [2H]c1ccc2c(N(C)C)cccc2c1S(=O)(=O)NC(CC)C(=O)O. The molecule has 2 aromatic carbocycles. The van der Waals surface area contributed by atoms with Crippen molar-refractivity contribution in [3.63, 3.8) is 0 Å². The van der Waals surface area contributed by atoms with Crippen LogP contribution in [0.15, 0.2) is 41.3 Å². The van der Waals surface area contributed by atoms with Crippen molar-refractivity contribution >= 4 is 32.5 Å². The van der Waals surface area contributed by atoms with Gasteiger partial charge >= 0.3 is 5.97 Å². The van der Waals surface area contributed by atoms with E-state index >= 15 is 0 Å². The number of nitrogens with one attached hydrogen (secondary N) is 1. The number of rotatable bonds is 6. The molecule has 0 aromatic heterocycles. The Kier molecular flexibility index (Phi) is 4.49. The van der Waals surface area contributed by atoms with Gasteiger partial charge in [0.25, 0.3) is 0 Å². The van der Waals surface area contributed by atoms with Crippen LogP contribution < -0.4 is 9.62 Å². The Morgan fingerprint density at radius 2 is 1.96 bits per heavy atom. The molecule has 6 nitrogen and oxygen atoms in total. The van der Waals surface area contributed by atoms with Gasteiger partial charge in [-0.25, -0.2) is 8.42 Å². The van der Waals surface area contributed by atoms with E-state index in [4.69, 9.17) is 6.48 Å². The predicted molar refractivity (Wildman–Crippen MR) is 90.3 cm³/mol. The molecule has 23 heavy (non-hydrogen) atoms. The number of carbonyl (C=O) groups is 1. The number of anilines is 1. The molecule has 0 amide bonds. The molecule has 0 bridgehead atoms. The smallest absolute Gasteiger partial charge is 0.321 e. The minimum Gasteiger partial charge on any atom is -0.480 e. The van der Waals surface area contributed by atoms with Gasteiger partial charge in [0.15, 0.2) is 0 Å². The second-order valence-electron chi connectivity index (χ2n) is 5.36. The Labute approximate surface area is 137 Å². The van der Waals surface area contributed by atoms with Crippen LogP contribution in [0, 0.1) is 0 Å². The van der Waals surface area contributed by atoms with Crippen molar-refractivity contribution in [1.82, 2.24) is 4.72 Å². The number of fused-ring (bicyclic) bond motifs is 1. The fraction of sp³-hybridized carbons (Fsp3) is 0.312. The summed E-state index contributed by atoms with van der Waals surface area (Å²) in [4.78, 5) is 12.8. The lowest BCUT2D eigenvalue weighted by molar-refractivity contribution is -0.139. The highest BCUT2D eigenvalue weighted by atomic mass is 32.2. The number of carboxylic acids is 1. The summed E-state index contributed by atoms with van der Waals surface area (Å²) in [7, 11) is -0.472. The van der Waals surface area contributed by atoms with Crippen LogP contribution in [0.25, 0.3) is 10.8 Å². The highest BCUT2D eigenvalue weighted by Gasteiger charge is 2.25. The minimum absolute atomic E-state index is 0.107. The highest BCUT2D eigenvalue weighted by Crippen LogP contribution is 2.30. The molecule has 2 aromatic rings. The Morgan fingerprint density at radius 3 is 2.52 bits per heavy atom. The largest absolute Gasteiger partial charge is 0.480 e. The molecule has 0 heterocycles. The molecule has 0 aliphatic heterocycles. The van der Waals surface area contributed by atoms with Gasteiger partial charge in [0, 0.05) is 30.6 Å². The number of hydrogen-bond donors (Lipinski definition) is 2. The highest BCUT2D eigenvalue weighted by molar-refractivity contribution is 7.89. The van der Waals surface area contributed by atoms with Crippen LogP contribution in [0.3, 0.4) is 0 Å². The normalized spacial score (nSPS) is 13.6. The molecule has 0 aliphatic carbocycles. The fourth-order valence-corrected chi connectivity index (χ4v) is 3.82. The number of nitrogens with zero attached hydrogens (tertiary/aromatic N) is 1. The van der Waals surface area contributed by atoms with Crippen LogP contribution in [0.4, 0.5) is 5.69 Å². The molecule has 0 aliphatic rings. The maximum Gasteiger partial charge on any atom is 0.321 e. The Hall–Kier alpha value is -2.12. The van der Waals surface area contributed by atoms with Crippen molar-refractivity contribution in [2.24, 2.45) is 0 Å². The predicted octanol–water partition coefficient (Wildman–Crippen LogP) is 2.05. The van der Waals surface area contributed by atoms with E-state index < -0.39 is 22.0 Å². The average Bonchev–Trinajstić information content (AvgIpc) is 2.50. The van der Waals surface area contributed by atoms with Crippen LogP contribution in [-0.2, 0) is 14.8 Å². The maximum absolute atomic E-state index is 12.7. The molecule has 0 saturated carbocycles. The number of sulfonamides is 1. The van der Waals surface area contributed by atoms with Gasteiger partial charge in [-0.2, -0.15) is 4.72 Å². The molecule has 124 valence electrons. The topological polar surface area (TPSA) is 86.7 Å². The first-order chi connectivity index (χ1) is 11.2. The molecule has 1 atom stereocenters. The third kappa shape index (κ3) is 3.46. The van der Waals surface area contributed by atoms with E-state index in [2.05, 4.69) is 4.72 Å². The Bertz CT molecular complexity index is 881. The van der Waals surface area contributed by atoms with Crippen LogP contribution in [0.5, 0.6) is 0 Å². The van der Waals surface area contributed by atoms with Gasteiger partial charge in [-0.3, -0.25) is 4.79 Å². The summed E-state index contributed by atoms with van der Waals surface area (Å²) in [6, 6.07) is 6.88. The summed E-state index contributed by atoms with van der Waals surface area (Å²) >= 11 is 0. The maximum atomic E-state index is 12.7. The van der Waals surface area contributed by atoms with E-state index in [1.54, 1.807) is 25.1 Å². The van der Waals surface area contributed by atoms with E-state index in [-0.39, 0.29) is 17.4 Å². The summed E-state index contributed by atoms with van der Waals surface area (Å²) in [6.07, 6.45) is 0.107. The molecule has 0 radical (unpaired) electrons. The van der Waals surface area contributed by atoms with Crippen LogP contribution in [0.1, 0.15) is 14.7 Å². The van der Waals surface area contributed by atoms with E-state index in [0.29, 0.717) is 10.8 Å². The van der Waals surface area contributed by atoms with Crippen LogP contribution in [0.2, 0.25) is 0 Å². The quantitative estimate of drug-likeness (QED) is 0.842. The van der Waals surface area contributed by atoms with Crippen molar-refractivity contribution in [3.05, 3.63) is 36.4 Å². The lowest BCUT2D eigenvalue weighted by Gasteiger charge is -2.18. The van der Waals surface area contributed by atoms with Crippen molar-refractivity contribution in [3.8, 4) is 0 Å². The Morgan fingerprint density at radius 1 is 1.30 bits per heavy atom. The second kappa shape index (κ2) is 6.55. The molecule has 2 rings (SSSR count). The van der Waals surface area contributed by atoms with E-state index in [1.807, 2.05) is 25.1 Å². The minimum atomic E-state index is -4.15. The number of benzene rings is 2. The van der Waals surface area contributed by atoms with Gasteiger partial charge < -0.3 is 10.0 Å². The summed E-state index contributed by atoms with van der Waals surface area (Å²) in [5, 5.41) is 10.2. The third-order valence-electron chi connectivity index (χ3n) is 3.55. The molecule has 1 unspecified atom stereocenters. The van der Waals surface area contributed by atoms with Crippen molar-refractivity contribution in [2.75, 3.05) is 19.0 Å². The summed E-state index contributed by atoms with van der Waals surface area (Å²) in [6.45, 7) is 1.58. The number of carboxylic acid groups (broad SMARTS) is 1. The van der Waals surface area contributed by atoms with Gasteiger partial charge in [-0.15, -0.1) is 0 Å². The standard InChI is InChI=1S/C16H20N2O4S/c1-4-13(16(19)20)17-23(21,22)15-10-6-7-11-12(15)8-5-9-14(11)18(2)3/h5-10,13,17H,4H2,1-3H3,(H,19,20)/i10D. The summed E-state index contributed by atoms with van der Waals surface area (Å²) in [5.74, 6) is -1.25. The van der Waals surface area contributed by atoms with Gasteiger partial charge in [0.2, 0.25) is 10.0 Å². The van der Waals surface area contributed by atoms with Gasteiger partial charge in [0.05, 0.1) is 6.27 Å². The second-order valence-corrected chi connectivity index (χ2v) is 7.01. The molecule has 2 N–H and O–H groups in total. The first-order valence-corrected chi connectivity index (χ1v) is 8.62. The van der Waals surface area contributed by atoms with Crippen molar-refractivity contribution in [1.29, 1.82) is 0 Å². The zero-order valence-electron chi connectivity index (χ0n) is 14.2. The first kappa shape index (κ1) is 15.8. The monoisotopic (exact) mass is 337 g/mol. The molecule has 0 fully saturated rings. The van der Waals surface area contributed by atoms with Crippen LogP contribution in [-0.4, -0.2) is 39.6 Å². The molecular formula is C16H20N2O4S.